The van der Waals surface area contributed by atoms with Crippen molar-refractivity contribution in [1.29, 1.82) is 0 Å². The smallest absolute Gasteiger partial charge is 0.208 e. The molecule has 3 rings (SSSR count). The second-order valence-electron chi connectivity index (χ2n) is 5.62. The SMILES string of the molecule is CS(=O)(=O)NC1CCN(Cc2cccn2-c2nccs2)CC1. The first-order valence-corrected chi connectivity index (χ1v) is 10.0. The Morgan fingerprint density at radius 2 is 2.18 bits per heavy atom. The van der Waals surface area contributed by atoms with Gasteiger partial charge in [0.2, 0.25) is 10.0 Å². The van der Waals surface area contributed by atoms with Crippen LogP contribution in [0.5, 0.6) is 0 Å². The van der Waals surface area contributed by atoms with E-state index in [9.17, 15) is 8.42 Å². The minimum Gasteiger partial charge on any atom is -0.297 e. The minimum atomic E-state index is -3.11. The first-order valence-electron chi connectivity index (χ1n) is 7.27. The van der Waals surface area contributed by atoms with E-state index in [0.717, 1.165) is 37.6 Å². The normalized spacial score (nSPS) is 17.9. The van der Waals surface area contributed by atoms with Crippen LogP contribution in [0.25, 0.3) is 5.13 Å². The number of piperidine rings is 1. The van der Waals surface area contributed by atoms with Gasteiger partial charge >= 0.3 is 0 Å². The van der Waals surface area contributed by atoms with E-state index in [1.807, 2.05) is 23.8 Å². The Balaban J connectivity index is 1.59. The number of thiazole rings is 1. The maximum Gasteiger partial charge on any atom is 0.208 e. The van der Waals surface area contributed by atoms with Crippen LogP contribution in [0, 0.1) is 0 Å². The van der Waals surface area contributed by atoms with Gasteiger partial charge in [-0.2, -0.15) is 0 Å². The highest BCUT2D eigenvalue weighted by atomic mass is 32.2. The van der Waals surface area contributed by atoms with Crippen LogP contribution in [0.1, 0.15) is 18.5 Å². The zero-order valence-corrected chi connectivity index (χ0v) is 14.1. The molecule has 1 saturated heterocycles. The average molecular weight is 340 g/mol. The van der Waals surface area contributed by atoms with E-state index in [1.54, 1.807) is 11.3 Å². The van der Waals surface area contributed by atoms with Gasteiger partial charge in [-0.1, -0.05) is 0 Å². The van der Waals surface area contributed by atoms with Crippen molar-refractivity contribution in [3.63, 3.8) is 0 Å². The van der Waals surface area contributed by atoms with Crippen LogP contribution in [0.15, 0.2) is 29.9 Å². The molecule has 0 amide bonds. The number of sulfonamides is 1. The fourth-order valence-corrected chi connectivity index (χ4v) is 4.31. The van der Waals surface area contributed by atoms with E-state index in [0.29, 0.717) is 0 Å². The van der Waals surface area contributed by atoms with Crippen LogP contribution in [0.3, 0.4) is 0 Å². The van der Waals surface area contributed by atoms with Crippen molar-refractivity contribution in [3.8, 4) is 5.13 Å². The van der Waals surface area contributed by atoms with Gasteiger partial charge in [0.15, 0.2) is 5.13 Å². The molecule has 1 fully saturated rings. The zero-order chi connectivity index (χ0) is 15.6. The Kier molecular flexibility index (Phi) is 4.62. The number of hydrogen-bond acceptors (Lipinski definition) is 5. The number of nitrogens with zero attached hydrogens (tertiary/aromatic N) is 3. The monoisotopic (exact) mass is 340 g/mol. The van der Waals surface area contributed by atoms with E-state index in [4.69, 9.17) is 0 Å². The molecule has 0 atom stereocenters. The molecule has 0 unspecified atom stereocenters. The third-order valence-corrected chi connectivity index (χ3v) is 5.34. The first-order chi connectivity index (χ1) is 10.5. The Labute approximate surface area is 134 Å². The molecule has 2 aromatic rings. The van der Waals surface area contributed by atoms with Crippen LogP contribution in [-0.2, 0) is 16.6 Å². The predicted molar refractivity (Wildman–Crippen MR) is 87.7 cm³/mol. The summed E-state index contributed by atoms with van der Waals surface area (Å²) in [6.07, 6.45) is 6.77. The number of rotatable bonds is 5. The summed E-state index contributed by atoms with van der Waals surface area (Å²) in [6, 6.07) is 4.22. The summed E-state index contributed by atoms with van der Waals surface area (Å²) in [7, 11) is -3.11. The van der Waals surface area contributed by atoms with E-state index in [2.05, 4.69) is 25.2 Å². The Morgan fingerprint density at radius 3 is 2.82 bits per heavy atom. The highest BCUT2D eigenvalue weighted by Gasteiger charge is 2.22. The highest BCUT2D eigenvalue weighted by Crippen LogP contribution is 2.19. The van der Waals surface area contributed by atoms with Gasteiger partial charge in [-0.15, -0.1) is 11.3 Å². The van der Waals surface area contributed by atoms with Crippen LogP contribution in [-0.4, -0.2) is 48.3 Å². The number of nitrogens with one attached hydrogen (secondary N) is 1. The van der Waals surface area contributed by atoms with Gasteiger partial charge in [0.1, 0.15) is 0 Å². The topological polar surface area (TPSA) is 67.2 Å². The average Bonchev–Trinajstić information content (AvgIpc) is 3.10. The molecule has 8 heteroatoms. The molecule has 1 aliphatic heterocycles. The first kappa shape index (κ1) is 15.7. The quantitative estimate of drug-likeness (QED) is 0.894. The molecule has 22 heavy (non-hydrogen) atoms. The fourth-order valence-electron chi connectivity index (χ4n) is 2.81. The molecule has 3 heterocycles. The van der Waals surface area contributed by atoms with Crippen LogP contribution >= 0.6 is 11.3 Å². The molecule has 2 aromatic heterocycles. The standard InChI is InChI=1S/C14H20N4O2S2/c1-22(19,20)16-12-4-8-17(9-5-12)11-13-3-2-7-18(13)14-15-6-10-21-14/h2-3,6-7,10,12,16H,4-5,8-9,11H2,1H3. The fraction of sp³-hybridized carbons (Fsp3) is 0.500. The lowest BCUT2D eigenvalue weighted by molar-refractivity contribution is 0.197. The summed E-state index contributed by atoms with van der Waals surface area (Å²) in [5.41, 5.74) is 1.21. The lowest BCUT2D eigenvalue weighted by Crippen LogP contribution is -2.44. The Bertz CT molecular complexity index is 701. The maximum absolute atomic E-state index is 11.3. The van der Waals surface area contributed by atoms with Crippen LogP contribution in [0.4, 0.5) is 0 Å². The van der Waals surface area contributed by atoms with Crippen molar-refractivity contribution in [1.82, 2.24) is 19.2 Å². The zero-order valence-electron chi connectivity index (χ0n) is 12.5. The number of likely N-dealkylation sites (tertiary alicyclic amines) is 1. The Hall–Kier alpha value is -1.22. The van der Waals surface area contributed by atoms with E-state index < -0.39 is 10.0 Å². The van der Waals surface area contributed by atoms with E-state index >= 15 is 0 Å². The third kappa shape index (κ3) is 3.95. The molecule has 0 radical (unpaired) electrons. The summed E-state index contributed by atoms with van der Waals surface area (Å²) < 4.78 is 27.4. The molecular formula is C14H20N4O2S2. The molecule has 0 bridgehead atoms. The predicted octanol–water partition coefficient (Wildman–Crippen LogP) is 1.45. The van der Waals surface area contributed by atoms with Gasteiger partial charge in [0.05, 0.1) is 6.26 Å². The largest absolute Gasteiger partial charge is 0.297 e. The van der Waals surface area contributed by atoms with Crippen molar-refractivity contribution in [2.45, 2.75) is 25.4 Å². The van der Waals surface area contributed by atoms with Gasteiger partial charge in [0, 0.05) is 49.1 Å². The molecule has 0 saturated carbocycles. The molecular weight excluding hydrogens is 320 g/mol. The van der Waals surface area contributed by atoms with E-state index in [1.165, 1.54) is 11.9 Å². The van der Waals surface area contributed by atoms with Gasteiger partial charge in [-0.3, -0.25) is 9.47 Å². The van der Waals surface area contributed by atoms with E-state index in [-0.39, 0.29) is 6.04 Å². The maximum atomic E-state index is 11.3. The summed E-state index contributed by atoms with van der Waals surface area (Å²) >= 11 is 1.62. The summed E-state index contributed by atoms with van der Waals surface area (Å²) in [5.74, 6) is 0. The molecule has 6 nitrogen and oxygen atoms in total. The van der Waals surface area contributed by atoms with Gasteiger partial charge < -0.3 is 0 Å². The van der Waals surface area contributed by atoms with Crippen molar-refractivity contribution in [2.24, 2.45) is 0 Å². The van der Waals surface area contributed by atoms with Crippen molar-refractivity contribution in [3.05, 3.63) is 35.6 Å². The summed E-state index contributed by atoms with van der Waals surface area (Å²) in [6.45, 7) is 2.66. The number of hydrogen-bond donors (Lipinski definition) is 1. The van der Waals surface area contributed by atoms with Crippen LogP contribution in [0.2, 0.25) is 0 Å². The molecule has 0 aliphatic carbocycles. The van der Waals surface area contributed by atoms with Crippen molar-refractivity contribution in [2.75, 3.05) is 19.3 Å². The molecule has 1 N–H and O–H groups in total. The van der Waals surface area contributed by atoms with Crippen molar-refractivity contribution < 1.29 is 8.42 Å². The molecule has 1 aliphatic rings. The Morgan fingerprint density at radius 1 is 1.41 bits per heavy atom. The second-order valence-corrected chi connectivity index (χ2v) is 8.28. The summed E-state index contributed by atoms with van der Waals surface area (Å²) in [5, 5.41) is 2.95. The number of aromatic nitrogens is 2. The summed E-state index contributed by atoms with van der Waals surface area (Å²) in [4.78, 5) is 6.71. The minimum absolute atomic E-state index is 0.0667. The lowest BCUT2D eigenvalue weighted by Gasteiger charge is -2.32. The molecule has 120 valence electrons. The van der Waals surface area contributed by atoms with Gasteiger partial charge in [0.25, 0.3) is 0 Å². The molecule has 0 spiro atoms. The van der Waals surface area contributed by atoms with Gasteiger partial charge in [-0.25, -0.2) is 18.1 Å². The van der Waals surface area contributed by atoms with Crippen LogP contribution < -0.4 is 4.72 Å². The third-order valence-electron chi connectivity index (χ3n) is 3.81. The van der Waals surface area contributed by atoms with Crippen molar-refractivity contribution >= 4 is 21.4 Å². The molecule has 0 aromatic carbocycles. The van der Waals surface area contributed by atoms with Gasteiger partial charge in [-0.05, 0) is 25.0 Å². The second kappa shape index (κ2) is 6.49. The lowest BCUT2D eigenvalue weighted by atomic mass is 10.1. The highest BCUT2D eigenvalue weighted by molar-refractivity contribution is 7.88.